The van der Waals surface area contributed by atoms with Crippen molar-refractivity contribution in [1.29, 1.82) is 0 Å². The molecular weight excluding hydrogens is 318 g/mol. The Morgan fingerprint density at radius 2 is 2.04 bits per heavy atom. The van der Waals surface area contributed by atoms with Gasteiger partial charge in [0.05, 0.1) is 23.5 Å². The Labute approximate surface area is 135 Å². The summed E-state index contributed by atoms with van der Waals surface area (Å²) in [4.78, 5) is 25.4. The zero-order valence-electron chi connectivity index (χ0n) is 12.8. The first-order valence-electron chi connectivity index (χ1n) is 7.52. The van der Waals surface area contributed by atoms with Crippen LogP contribution in [0.25, 0.3) is 0 Å². The molecule has 0 aromatic heterocycles. The Balaban J connectivity index is 1.62. The quantitative estimate of drug-likeness (QED) is 0.793. The first-order chi connectivity index (χ1) is 10.9. The van der Waals surface area contributed by atoms with Crippen molar-refractivity contribution >= 4 is 21.8 Å². The molecule has 2 atom stereocenters. The molecule has 2 aliphatic rings. The predicted octanol–water partition coefficient (Wildman–Crippen LogP) is -0.237. The van der Waals surface area contributed by atoms with Crippen LogP contribution in [0.5, 0.6) is 0 Å². The van der Waals surface area contributed by atoms with Gasteiger partial charge in [0.2, 0.25) is 21.8 Å². The summed E-state index contributed by atoms with van der Waals surface area (Å²) in [7, 11) is -3.71. The monoisotopic (exact) mass is 337 g/mol. The number of rotatable bonds is 4. The average molecular weight is 337 g/mol. The lowest BCUT2D eigenvalue weighted by atomic mass is 10.1. The van der Waals surface area contributed by atoms with Gasteiger partial charge in [0.25, 0.3) is 0 Å². The number of fused-ring (bicyclic) bond motifs is 1. The molecule has 2 saturated heterocycles. The van der Waals surface area contributed by atoms with Gasteiger partial charge in [-0.05, 0) is 25.5 Å². The molecule has 0 radical (unpaired) electrons. The molecule has 23 heavy (non-hydrogen) atoms. The van der Waals surface area contributed by atoms with Crippen molar-refractivity contribution < 1.29 is 18.0 Å². The van der Waals surface area contributed by atoms with Crippen LogP contribution in [0, 0.1) is 6.92 Å². The minimum Gasteiger partial charge on any atom is -0.351 e. The van der Waals surface area contributed by atoms with Gasteiger partial charge in [0.15, 0.2) is 0 Å². The van der Waals surface area contributed by atoms with Crippen LogP contribution in [0.1, 0.15) is 18.4 Å². The van der Waals surface area contributed by atoms with E-state index in [1.54, 1.807) is 17.0 Å². The number of benzene rings is 1. The average Bonchev–Trinajstić information content (AvgIpc) is 3.04. The minimum atomic E-state index is -3.71. The van der Waals surface area contributed by atoms with E-state index in [1.807, 2.05) is 6.92 Å². The van der Waals surface area contributed by atoms with E-state index in [0.29, 0.717) is 19.4 Å². The highest BCUT2D eigenvalue weighted by Crippen LogP contribution is 2.25. The third-order valence-corrected chi connectivity index (χ3v) is 5.77. The first kappa shape index (κ1) is 15.9. The second kappa shape index (κ2) is 5.93. The fraction of sp³-hybridized carbons (Fsp3) is 0.467. The van der Waals surface area contributed by atoms with E-state index >= 15 is 0 Å². The number of nitrogens with one attached hydrogen (secondary N) is 2. The second-order valence-electron chi connectivity index (χ2n) is 5.96. The summed E-state index contributed by atoms with van der Waals surface area (Å²) in [5.74, 6) is -0.359. The number of hydrogen-bond acceptors (Lipinski definition) is 4. The van der Waals surface area contributed by atoms with Crippen molar-refractivity contribution in [3.63, 3.8) is 0 Å². The molecule has 124 valence electrons. The van der Waals surface area contributed by atoms with E-state index in [9.17, 15) is 18.0 Å². The highest BCUT2D eigenvalue weighted by molar-refractivity contribution is 7.89. The summed E-state index contributed by atoms with van der Waals surface area (Å²) in [6.45, 7) is 2.11. The lowest BCUT2D eigenvalue weighted by molar-refractivity contribution is -0.130. The molecule has 2 unspecified atom stereocenters. The lowest BCUT2D eigenvalue weighted by Gasteiger charge is -2.22. The van der Waals surface area contributed by atoms with Crippen molar-refractivity contribution in [2.75, 3.05) is 13.1 Å². The summed E-state index contributed by atoms with van der Waals surface area (Å²) in [6.07, 6.45) is 1.01. The summed E-state index contributed by atoms with van der Waals surface area (Å²) in [6, 6.07) is 6.27. The van der Waals surface area contributed by atoms with Gasteiger partial charge in [-0.1, -0.05) is 17.7 Å². The summed E-state index contributed by atoms with van der Waals surface area (Å²) in [5, 5.41) is 2.83. The normalized spacial score (nSPS) is 23.7. The largest absolute Gasteiger partial charge is 0.351 e. The summed E-state index contributed by atoms with van der Waals surface area (Å²) in [5.41, 5.74) is 0.960. The number of carbonyl (C=O) groups excluding carboxylic acids is 2. The van der Waals surface area contributed by atoms with Gasteiger partial charge in [0, 0.05) is 13.0 Å². The van der Waals surface area contributed by atoms with Gasteiger partial charge in [-0.15, -0.1) is 0 Å². The molecule has 0 bridgehead atoms. The van der Waals surface area contributed by atoms with Crippen molar-refractivity contribution in [3.8, 4) is 0 Å². The van der Waals surface area contributed by atoms with Gasteiger partial charge in [-0.2, -0.15) is 0 Å². The molecule has 0 spiro atoms. The maximum atomic E-state index is 12.3. The molecule has 2 amide bonds. The molecular formula is C15H19N3O4S. The van der Waals surface area contributed by atoms with E-state index in [4.69, 9.17) is 0 Å². The van der Waals surface area contributed by atoms with Crippen molar-refractivity contribution in [1.82, 2.24) is 14.9 Å². The lowest BCUT2D eigenvalue weighted by Crippen LogP contribution is -2.44. The number of amides is 2. The van der Waals surface area contributed by atoms with Crippen molar-refractivity contribution in [3.05, 3.63) is 29.8 Å². The van der Waals surface area contributed by atoms with Crippen LogP contribution >= 0.6 is 0 Å². The second-order valence-corrected chi connectivity index (χ2v) is 7.73. The topological polar surface area (TPSA) is 95.6 Å². The molecule has 0 aliphatic carbocycles. The van der Waals surface area contributed by atoms with Crippen LogP contribution in [-0.2, 0) is 19.6 Å². The summed E-state index contributed by atoms with van der Waals surface area (Å²) < 4.78 is 26.7. The molecule has 2 heterocycles. The predicted molar refractivity (Wildman–Crippen MR) is 83.0 cm³/mol. The maximum absolute atomic E-state index is 12.3. The maximum Gasteiger partial charge on any atom is 0.241 e. The van der Waals surface area contributed by atoms with E-state index in [1.165, 1.54) is 12.1 Å². The molecule has 8 heteroatoms. The van der Waals surface area contributed by atoms with E-state index in [-0.39, 0.29) is 35.3 Å². The Morgan fingerprint density at radius 3 is 2.74 bits per heavy atom. The van der Waals surface area contributed by atoms with Gasteiger partial charge in [-0.25, -0.2) is 13.1 Å². The van der Waals surface area contributed by atoms with Crippen LogP contribution in [0.4, 0.5) is 0 Å². The molecule has 7 nitrogen and oxygen atoms in total. The molecule has 1 aromatic carbocycles. The molecule has 2 N–H and O–H groups in total. The van der Waals surface area contributed by atoms with Gasteiger partial charge in [-0.3, -0.25) is 9.59 Å². The Kier molecular flexibility index (Phi) is 4.11. The standard InChI is InChI=1S/C15H19N3O4S/c1-10-2-4-11(5-3-10)23(21,22)16-9-15(20)18-7-6-12-13(18)8-14(19)17-12/h2-5,12-13,16H,6-9H2,1H3,(H,17,19). The Hall–Kier alpha value is -1.93. The zero-order valence-corrected chi connectivity index (χ0v) is 13.6. The highest BCUT2D eigenvalue weighted by Gasteiger charge is 2.43. The molecule has 1 aromatic rings. The number of likely N-dealkylation sites (tertiary alicyclic amines) is 1. The van der Waals surface area contributed by atoms with Gasteiger partial charge >= 0.3 is 0 Å². The first-order valence-corrected chi connectivity index (χ1v) is 9.00. The highest BCUT2D eigenvalue weighted by atomic mass is 32.2. The fourth-order valence-corrected chi connectivity index (χ4v) is 4.07. The van der Waals surface area contributed by atoms with Crippen molar-refractivity contribution in [2.24, 2.45) is 0 Å². The molecule has 0 saturated carbocycles. The third kappa shape index (κ3) is 3.23. The van der Waals surface area contributed by atoms with E-state index < -0.39 is 10.0 Å². The number of nitrogens with zero attached hydrogens (tertiary/aromatic N) is 1. The Morgan fingerprint density at radius 1 is 1.35 bits per heavy atom. The number of carbonyl (C=O) groups is 2. The van der Waals surface area contributed by atoms with Crippen LogP contribution in [0.3, 0.4) is 0 Å². The molecule has 3 rings (SSSR count). The SMILES string of the molecule is Cc1ccc(S(=O)(=O)NCC(=O)N2CCC3NC(=O)CC32)cc1. The van der Waals surface area contributed by atoms with Crippen LogP contribution in [0.15, 0.2) is 29.2 Å². The van der Waals surface area contributed by atoms with Crippen molar-refractivity contribution in [2.45, 2.75) is 36.7 Å². The van der Waals surface area contributed by atoms with Gasteiger partial charge in [0.1, 0.15) is 0 Å². The number of hydrogen-bond donors (Lipinski definition) is 2. The fourth-order valence-electron chi connectivity index (χ4n) is 3.10. The smallest absolute Gasteiger partial charge is 0.241 e. The van der Waals surface area contributed by atoms with Crippen LogP contribution < -0.4 is 10.0 Å². The van der Waals surface area contributed by atoms with E-state index in [0.717, 1.165) is 5.56 Å². The van der Waals surface area contributed by atoms with E-state index in [2.05, 4.69) is 10.0 Å². The molecule has 2 fully saturated rings. The minimum absolute atomic E-state index is 0.000144. The number of sulfonamides is 1. The van der Waals surface area contributed by atoms with Gasteiger partial charge < -0.3 is 10.2 Å². The van der Waals surface area contributed by atoms with Crippen LogP contribution in [-0.4, -0.2) is 50.3 Å². The molecule has 2 aliphatic heterocycles. The zero-order chi connectivity index (χ0) is 16.6. The van der Waals surface area contributed by atoms with Crippen LogP contribution in [0.2, 0.25) is 0 Å². The third-order valence-electron chi connectivity index (χ3n) is 4.35. The summed E-state index contributed by atoms with van der Waals surface area (Å²) >= 11 is 0. The number of aryl methyl sites for hydroxylation is 1. The Bertz CT molecular complexity index is 730.